The normalized spacial score (nSPS) is 10.7. The van der Waals surface area contributed by atoms with Crippen LogP contribution in [0.1, 0.15) is 10.5 Å². The zero-order valence-electron chi connectivity index (χ0n) is 10.0. The molecule has 0 unspecified atom stereocenters. The van der Waals surface area contributed by atoms with Crippen LogP contribution in [0, 0.1) is 0 Å². The summed E-state index contributed by atoms with van der Waals surface area (Å²) < 4.78 is 0. The number of aromatic amines is 1. The lowest BCUT2D eigenvalue weighted by molar-refractivity contribution is 0.102. The number of H-pyrrole nitrogens is 1. The summed E-state index contributed by atoms with van der Waals surface area (Å²) in [5.41, 5.74) is 1.41. The van der Waals surface area contributed by atoms with Crippen molar-refractivity contribution in [2.75, 3.05) is 5.32 Å². The average molecular weight is 307 g/mol. The second kappa shape index (κ2) is 5.11. The van der Waals surface area contributed by atoms with Crippen molar-refractivity contribution >= 4 is 45.7 Å². The monoisotopic (exact) mass is 306 g/mol. The van der Waals surface area contributed by atoms with E-state index in [4.69, 9.17) is 23.2 Å². The minimum Gasteiger partial charge on any atom is -0.319 e. The van der Waals surface area contributed by atoms with Crippen LogP contribution < -0.4 is 5.32 Å². The molecule has 0 aliphatic carbocycles. The summed E-state index contributed by atoms with van der Waals surface area (Å²) in [6.07, 6.45) is 1.68. The number of amides is 1. The molecule has 100 valence electrons. The third-order valence-corrected chi connectivity index (χ3v) is 3.27. The standard InChI is InChI=1S/C13H8Cl2N4O/c14-8-4-5-10(15)18-12(8)13(20)17-9-3-1-2-7-6-16-19-11(7)9/h1-6H,(H,16,19)(H,17,20). The Kier molecular flexibility index (Phi) is 3.30. The largest absolute Gasteiger partial charge is 0.319 e. The molecule has 2 heterocycles. The summed E-state index contributed by atoms with van der Waals surface area (Å²) in [5, 5.41) is 10.8. The quantitative estimate of drug-likeness (QED) is 0.712. The van der Waals surface area contributed by atoms with Gasteiger partial charge in [0, 0.05) is 5.39 Å². The molecule has 0 bridgehead atoms. The van der Waals surface area contributed by atoms with Gasteiger partial charge in [0.05, 0.1) is 22.4 Å². The first-order valence-corrected chi connectivity index (χ1v) is 6.46. The Labute approximate surface area is 123 Å². The van der Waals surface area contributed by atoms with Gasteiger partial charge in [-0.25, -0.2) is 4.98 Å². The maximum absolute atomic E-state index is 12.2. The number of hydrogen-bond donors (Lipinski definition) is 2. The molecule has 0 aliphatic heterocycles. The first kappa shape index (κ1) is 12.9. The Bertz CT molecular complexity index is 800. The summed E-state index contributed by atoms with van der Waals surface area (Å²) >= 11 is 11.7. The zero-order chi connectivity index (χ0) is 14.1. The molecule has 3 rings (SSSR count). The molecular formula is C13H8Cl2N4O. The fraction of sp³-hybridized carbons (Fsp3) is 0. The van der Waals surface area contributed by atoms with E-state index in [0.29, 0.717) is 5.69 Å². The van der Waals surface area contributed by atoms with E-state index in [9.17, 15) is 4.79 Å². The number of pyridine rings is 1. The van der Waals surface area contributed by atoms with E-state index in [1.54, 1.807) is 12.3 Å². The first-order valence-electron chi connectivity index (χ1n) is 5.70. The fourth-order valence-corrected chi connectivity index (χ4v) is 2.17. The molecular weight excluding hydrogens is 299 g/mol. The number of halogens is 2. The van der Waals surface area contributed by atoms with E-state index in [0.717, 1.165) is 10.9 Å². The predicted octanol–water partition coefficient (Wildman–Crippen LogP) is 3.52. The van der Waals surface area contributed by atoms with Gasteiger partial charge in [-0.3, -0.25) is 9.89 Å². The molecule has 7 heteroatoms. The summed E-state index contributed by atoms with van der Waals surface area (Å²) in [5.74, 6) is -0.431. The second-order valence-electron chi connectivity index (χ2n) is 4.06. The molecule has 1 amide bonds. The van der Waals surface area contributed by atoms with Crippen molar-refractivity contribution in [3.63, 3.8) is 0 Å². The molecule has 0 spiro atoms. The number of benzene rings is 1. The highest BCUT2D eigenvalue weighted by Crippen LogP contribution is 2.23. The molecule has 0 radical (unpaired) electrons. The van der Waals surface area contributed by atoms with Crippen molar-refractivity contribution in [3.8, 4) is 0 Å². The number of nitrogens with zero attached hydrogens (tertiary/aromatic N) is 2. The number of para-hydroxylation sites is 1. The van der Waals surface area contributed by atoms with Crippen LogP contribution in [-0.2, 0) is 0 Å². The maximum Gasteiger partial charge on any atom is 0.275 e. The summed E-state index contributed by atoms with van der Waals surface area (Å²) in [6.45, 7) is 0. The highest BCUT2D eigenvalue weighted by molar-refractivity contribution is 6.35. The van der Waals surface area contributed by atoms with E-state index in [1.165, 1.54) is 12.1 Å². The Balaban J connectivity index is 1.96. The van der Waals surface area contributed by atoms with Gasteiger partial charge in [0.2, 0.25) is 0 Å². The van der Waals surface area contributed by atoms with Crippen LogP contribution in [0.25, 0.3) is 10.9 Å². The van der Waals surface area contributed by atoms with Crippen molar-refractivity contribution < 1.29 is 4.79 Å². The van der Waals surface area contributed by atoms with Crippen LogP contribution in [0.15, 0.2) is 36.5 Å². The smallest absolute Gasteiger partial charge is 0.275 e. The Morgan fingerprint density at radius 1 is 1.20 bits per heavy atom. The minimum absolute atomic E-state index is 0.0793. The summed E-state index contributed by atoms with van der Waals surface area (Å²) in [4.78, 5) is 16.1. The molecule has 1 aromatic carbocycles. The fourth-order valence-electron chi connectivity index (χ4n) is 1.83. The molecule has 0 aliphatic rings. The van der Waals surface area contributed by atoms with Gasteiger partial charge in [-0.2, -0.15) is 5.10 Å². The van der Waals surface area contributed by atoms with E-state index in [2.05, 4.69) is 20.5 Å². The number of hydrogen-bond acceptors (Lipinski definition) is 3. The number of fused-ring (bicyclic) bond motifs is 1. The van der Waals surface area contributed by atoms with Crippen molar-refractivity contribution in [1.29, 1.82) is 0 Å². The summed E-state index contributed by atoms with van der Waals surface area (Å²) in [7, 11) is 0. The van der Waals surface area contributed by atoms with E-state index < -0.39 is 5.91 Å². The van der Waals surface area contributed by atoms with Crippen molar-refractivity contribution in [3.05, 3.63) is 52.4 Å². The van der Waals surface area contributed by atoms with Gasteiger partial charge in [-0.05, 0) is 18.2 Å². The highest BCUT2D eigenvalue weighted by Gasteiger charge is 2.14. The topological polar surface area (TPSA) is 70.7 Å². The SMILES string of the molecule is O=C(Nc1cccc2cn[nH]c12)c1nc(Cl)ccc1Cl. The molecule has 0 saturated carbocycles. The van der Waals surface area contributed by atoms with Crippen LogP contribution in [0.2, 0.25) is 10.2 Å². The molecule has 0 atom stereocenters. The van der Waals surface area contributed by atoms with Crippen LogP contribution in [0.5, 0.6) is 0 Å². The number of nitrogens with one attached hydrogen (secondary N) is 2. The lowest BCUT2D eigenvalue weighted by Crippen LogP contribution is -2.14. The Morgan fingerprint density at radius 3 is 2.90 bits per heavy atom. The van der Waals surface area contributed by atoms with Crippen molar-refractivity contribution in [2.24, 2.45) is 0 Å². The molecule has 5 nitrogen and oxygen atoms in total. The van der Waals surface area contributed by atoms with Gasteiger partial charge in [-0.15, -0.1) is 0 Å². The molecule has 2 N–H and O–H groups in total. The predicted molar refractivity (Wildman–Crippen MR) is 78.3 cm³/mol. The Morgan fingerprint density at radius 2 is 2.05 bits per heavy atom. The molecule has 0 fully saturated rings. The first-order chi connectivity index (χ1) is 9.65. The van der Waals surface area contributed by atoms with E-state index >= 15 is 0 Å². The van der Waals surface area contributed by atoms with E-state index in [1.807, 2.05) is 12.1 Å². The van der Waals surface area contributed by atoms with Gasteiger partial charge in [0.15, 0.2) is 0 Å². The number of rotatable bonds is 2. The van der Waals surface area contributed by atoms with Gasteiger partial charge >= 0.3 is 0 Å². The van der Waals surface area contributed by atoms with Gasteiger partial charge in [0.25, 0.3) is 5.91 Å². The number of carbonyl (C=O) groups is 1. The van der Waals surface area contributed by atoms with Crippen molar-refractivity contribution in [2.45, 2.75) is 0 Å². The van der Waals surface area contributed by atoms with Crippen LogP contribution in [-0.4, -0.2) is 21.1 Å². The third-order valence-electron chi connectivity index (χ3n) is 2.75. The second-order valence-corrected chi connectivity index (χ2v) is 4.85. The van der Waals surface area contributed by atoms with Gasteiger partial charge in [0.1, 0.15) is 10.8 Å². The highest BCUT2D eigenvalue weighted by atomic mass is 35.5. The average Bonchev–Trinajstić information content (AvgIpc) is 2.91. The van der Waals surface area contributed by atoms with Crippen LogP contribution in [0.3, 0.4) is 0 Å². The van der Waals surface area contributed by atoms with Crippen LogP contribution >= 0.6 is 23.2 Å². The lowest BCUT2D eigenvalue weighted by atomic mass is 10.2. The van der Waals surface area contributed by atoms with Gasteiger partial charge in [-0.1, -0.05) is 35.3 Å². The zero-order valence-corrected chi connectivity index (χ0v) is 11.5. The number of carbonyl (C=O) groups excluding carboxylic acids is 1. The molecule has 2 aromatic heterocycles. The molecule has 3 aromatic rings. The molecule has 0 saturated heterocycles. The molecule has 20 heavy (non-hydrogen) atoms. The van der Waals surface area contributed by atoms with Gasteiger partial charge < -0.3 is 5.32 Å². The third kappa shape index (κ3) is 2.33. The van der Waals surface area contributed by atoms with Crippen LogP contribution in [0.4, 0.5) is 5.69 Å². The maximum atomic E-state index is 12.2. The Hall–Kier alpha value is -2.11. The van der Waals surface area contributed by atoms with E-state index in [-0.39, 0.29) is 15.9 Å². The lowest BCUT2D eigenvalue weighted by Gasteiger charge is -2.07. The summed E-state index contributed by atoms with van der Waals surface area (Å²) in [6, 6.07) is 8.52. The number of aromatic nitrogens is 3. The minimum atomic E-state index is -0.431. The van der Waals surface area contributed by atoms with Crippen molar-refractivity contribution in [1.82, 2.24) is 15.2 Å². The number of anilines is 1.